The second kappa shape index (κ2) is 8.61. The molecule has 2 rings (SSSR count). The summed E-state index contributed by atoms with van der Waals surface area (Å²) in [6, 6.07) is 5.79. The first kappa shape index (κ1) is 21.7. The second-order valence-electron chi connectivity index (χ2n) is 5.82. The van der Waals surface area contributed by atoms with Crippen LogP contribution in [0.3, 0.4) is 0 Å². The van der Waals surface area contributed by atoms with Crippen LogP contribution in [0.15, 0.2) is 36.4 Å². The third-order valence-corrected chi connectivity index (χ3v) is 4.04. The van der Waals surface area contributed by atoms with Gasteiger partial charge in [-0.25, -0.2) is 19.2 Å². The molecule has 10 nitrogen and oxygen atoms in total. The Morgan fingerprint density at radius 1 is 0.567 bits per heavy atom. The summed E-state index contributed by atoms with van der Waals surface area (Å²) in [6.45, 7) is 0. The number of benzene rings is 2. The highest BCUT2D eigenvalue weighted by Gasteiger charge is 2.30. The van der Waals surface area contributed by atoms with Crippen LogP contribution >= 0.6 is 0 Å². The lowest BCUT2D eigenvalue weighted by Gasteiger charge is -2.14. The molecule has 0 amide bonds. The number of aldehydes is 2. The second-order valence-corrected chi connectivity index (χ2v) is 5.82. The van der Waals surface area contributed by atoms with E-state index < -0.39 is 57.3 Å². The van der Waals surface area contributed by atoms with Crippen molar-refractivity contribution in [3.63, 3.8) is 0 Å². The minimum atomic E-state index is -1.84. The fourth-order valence-electron chi connectivity index (χ4n) is 2.77. The van der Waals surface area contributed by atoms with Gasteiger partial charge < -0.3 is 20.4 Å². The normalized spacial score (nSPS) is 11.2. The molecule has 0 atom stereocenters. The maximum atomic E-state index is 12.0. The van der Waals surface area contributed by atoms with E-state index in [0.29, 0.717) is 12.6 Å². The Kier molecular flexibility index (Phi) is 6.22. The van der Waals surface area contributed by atoms with E-state index in [1.54, 1.807) is 0 Å². The summed E-state index contributed by atoms with van der Waals surface area (Å²) in [5.41, 5.74) is -4.63. The lowest BCUT2D eigenvalue weighted by atomic mass is 9.88. The van der Waals surface area contributed by atoms with Gasteiger partial charge in [-0.1, -0.05) is 24.3 Å². The molecule has 0 saturated heterocycles. The summed E-state index contributed by atoms with van der Waals surface area (Å²) in [7, 11) is 0. The number of hydrogen-bond donors (Lipinski definition) is 4. The van der Waals surface area contributed by atoms with E-state index in [0.717, 1.165) is 36.4 Å². The summed E-state index contributed by atoms with van der Waals surface area (Å²) < 4.78 is 0. The molecular weight excluding hydrogens is 400 g/mol. The molecule has 0 saturated carbocycles. The Balaban J connectivity index is 3.04. The SMILES string of the molecule is O=Cc1ccc(C(C(=O)O)=C(C(=O)O)c2ccc(C=O)cc2C(=O)O)c(C(=O)O)c1. The molecule has 0 aliphatic heterocycles. The van der Waals surface area contributed by atoms with Gasteiger partial charge in [0, 0.05) is 22.3 Å². The van der Waals surface area contributed by atoms with Gasteiger partial charge in [0.1, 0.15) is 12.6 Å². The molecule has 0 heterocycles. The number of hydrogen-bond acceptors (Lipinski definition) is 6. The molecule has 2 aromatic rings. The zero-order chi connectivity index (χ0) is 22.6. The van der Waals surface area contributed by atoms with Crippen LogP contribution in [0, 0.1) is 0 Å². The topological polar surface area (TPSA) is 183 Å². The first-order valence-corrected chi connectivity index (χ1v) is 7.99. The maximum Gasteiger partial charge on any atom is 0.337 e. The standard InChI is InChI=1S/C20H12O10/c21-7-9-1-3-11(13(5-9)17(23)24)15(19(27)28)16(20(29)30)12-4-2-10(8-22)6-14(12)18(25)26/h1-8H,(H,23,24)(H,25,26)(H,27,28)(H,29,30). The van der Waals surface area contributed by atoms with Crippen LogP contribution in [0.5, 0.6) is 0 Å². The first-order chi connectivity index (χ1) is 14.1. The van der Waals surface area contributed by atoms with Crippen molar-refractivity contribution in [2.75, 3.05) is 0 Å². The van der Waals surface area contributed by atoms with Crippen LogP contribution in [0.1, 0.15) is 52.6 Å². The smallest absolute Gasteiger partial charge is 0.337 e. The third kappa shape index (κ3) is 4.12. The Morgan fingerprint density at radius 3 is 1.13 bits per heavy atom. The van der Waals surface area contributed by atoms with E-state index in [1.165, 1.54) is 0 Å². The Labute approximate surface area is 167 Å². The number of carboxylic acid groups (broad SMARTS) is 4. The minimum absolute atomic E-state index is 0.0978. The van der Waals surface area contributed by atoms with Crippen LogP contribution in [-0.4, -0.2) is 56.9 Å². The van der Waals surface area contributed by atoms with Crippen molar-refractivity contribution in [1.29, 1.82) is 0 Å². The molecule has 0 unspecified atom stereocenters. The van der Waals surface area contributed by atoms with E-state index in [-0.39, 0.29) is 11.1 Å². The van der Waals surface area contributed by atoms with Gasteiger partial charge in [-0.3, -0.25) is 9.59 Å². The molecule has 0 spiro atoms. The van der Waals surface area contributed by atoms with Crippen molar-refractivity contribution >= 4 is 47.6 Å². The van der Waals surface area contributed by atoms with Crippen LogP contribution in [0.4, 0.5) is 0 Å². The van der Waals surface area contributed by atoms with E-state index >= 15 is 0 Å². The van der Waals surface area contributed by atoms with E-state index in [9.17, 15) is 49.2 Å². The van der Waals surface area contributed by atoms with Crippen LogP contribution < -0.4 is 0 Å². The van der Waals surface area contributed by atoms with Gasteiger partial charge in [0.05, 0.1) is 22.3 Å². The summed E-state index contributed by atoms with van der Waals surface area (Å²) in [6.07, 6.45) is 0.637. The summed E-state index contributed by atoms with van der Waals surface area (Å²) >= 11 is 0. The summed E-state index contributed by atoms with van der Waals surface area (Å²) in [4.78, 5) is 69.0. The minimum Gasteiger partial charge on any atom is -0.478 e. The lowest BCUT2D eigenvalue weighted by Crippen LogP contribution is -2.15. The van der Waals surface area contributed by atoms with Gasteiger partial charge in [-0.05, 0) is 12.1 Å². The van der Waals surface area contributed by atoms with Crippen molar-refractivity contribution in [3.8, 4) is 0 Å². The van der Waals surface area contributed by atoms with Gasteiger partial charge in [0.25, 0.3) is 0 Å². The van der Waals surface area contributed by atoms with Gasteiger partial charge in [-0.15, -0.1) is 0 Å². The van der Waals surface area contributed by atoms with Crippen LogP contribution in [-0.2, 0) is 9.59 Å². The molecule has 2 aromatic carbocycles. The van der Waals surface area contributed by atoms with E-state index in [2.05, 4.69) is 0 Å². The number of rotatable bonds is 8. The molecule has 10 heteroatoms. The predicted octanol–water partition coefficient (Wildman–Crippen LogP) is 1.79. The van der Waals surface area contributed by atoms with Gasteiger partial charge in [0.2, 0.25) is 0 Å². The van der Waals surface area contributed by atoms with Crippen LogP contribution in [0.2, 0.25) is 0 Å². The molecule has 30 heavy (non-hydrogen) atoms. The number of aromatic carboxylic acids is 2. The molecule has 0 aliphatic carbocycles. The van der Waals surface area contributed by atoms with Crippen LogP contribution in [0.25, 0.3) is 11.1 Å². The van der Waals surface area contributed by atoms with E-state index in [4.69, 9.17) is 0 Å². The van der Waals surface area contributed by atoms with Crippen molar-refractivity contribution < 1.29 is 49.2 Å². The number of aliphatic carboxylic acids is 2. The molecule has 0 bridgehead atoms. The highest BCUT2D eigenvalue weighted by atomic mass is 16.4. The van der Waals surface area contributed by atoms with Crippen molar-refractivity contribution in [3.05, 3.63) is 69.8 Å². The highest BCUT2D eigenvalue weighted by Crippen LogP contribution is 2.32. The van der Waals surface area contributed by atoms with E-state index in [1.807, 2.05) is 0 Å². The quantitative estimate of drug-likeness (QED) is 0.283. The molecule has 152 valence electrons. The summed E-state index contributed by atoms with van der Waals surface area (Å²) in [5, 5.41) is 38.2. The molecule has 0 aromatic heterocycles. The first-order valence-electron chi connectivity index (χ1n) is 7.99. The monoisotopic (exact) mass is 412 g/mol. The molecule has 0 radical (unpaired) electrons. The van der Waals surface area contributed by atoms with Gasteiger partial charge in [0.15, 0.2) is 0 Å². The average Bonchev–Trinajstić information content (AvgIpc) is 2.70. The lowest BCUT2D eigenvalue weighted by molar-refractivity contribution is -0.132. The number of carboxylic acids is 4. The zero-order valence-electron chi connectivity index (χ0n) is 14.9. The van der Waals surface area contributed by atoms with Gasteiger partial charge >= 0.3 is 23.9 Å². The Bertz CT molecular complexity index is 1050. The van der Waals surface area contributed by atoms with Crippen molar-refractivity contribution in [2.45, 2.75) is 0 Å². The Hall–Kier alpha value is -4.60. The number of carbonyl (C=O) groups is 6. The molecule has 4 N–H and O–H groups in total. The molecular formula is C20H12O10. The number of carbonyl (C=O) groups excluding carboxylic acids is 2. The van der Waals surface area contributed by atoms with Crippen molar-refractivity contribution in [2.24, 2.45) is 0 Å². The van der Waals surface area contributed by atoms with Gasteiger partial charge in [-0.2, -0.15) is 0 Å². The highest BCUT2D eigenvalue weighted by molar-refractivity contribution is 6.38. The fourth-order valence-corrected chi connectivity index (χ4v) is 2.77. The third-order valence-electron chi connectivity index (χ3n) is 4.04. The maximum absolute atomic E-state index is 12.0. The van der Waals surface area contributed by atoms with Crippen molar-refractivity contribution in [1.82, 2.24) is 0 Å². The fraction of sp³-hybridized carbons (Fsp3) is 0. The predicted molar refractivity (Wildman–Crippen MR) is 99.7 cm³/mol. The largest absolute Gasteiger partial charge is 0.478 e. The zero-order valence-corrected chi connectivity index (χ0v) is 14.9. The Morgan fingerprint density at radius 2 is 0.900 bits per heavy atom. The molecule has 0 aliphatic rings. The molecule has 0 fully saturated rings. The average molecular weight is 412 g/mol. The summed E-state index contributed by atoms with van der Waals surface area (Å²) in [5.74, 6) is -6.95.